The average Bonchev–Trinajstić information content (AvgIpc) is 2.61. The molecule has 2 rings (SSSR count). The van der Waals surface area contributed by atoms with Crippen molar-refractivity contribution in [3.63, 3.8) is 0 Å². The largest absolute Gasteiger partial charge is 0.355 e. The first-order valence-corrected chi connectivity index (χ1v) is 9.21. The molecule has 1 fully saturated rings. The van der Waals surface area contributed by atoms with Crippen LogP contribution in [0.1, 0.15) is 19.3 Å². The first-order chi connectivity index (χ1) is 12.0. The second kappa shape index (κ2) is 11.6. The Morgan fingerprint density at radius 3 is 2.62 bits per heavy atom. The molecule has 1 aromatic carbocycles. The van der Waals surface area contributed by atoms with E-state index in [1.807, 2.05) is 0 Å². The van der Waals surface area contributed by atoms with E-state index >= 15 is 0 Å². The van der Waals surface area contributed by atoms with Crippen LogP contribution in [0.15, 0.2) is 18.2 Å². The van der Waals surface area contributed by atoms with E-state index in [1.165, 1.54) is 0 Å². The molecule has 146 valence electrons. The van der Waals surface area contributed by atoms with Crippen LogP contribution >= 0.6 is 35.6 Å². The van der Waals surface area contributed by atoms with Gasteiger partial charge in [-0.15, -0.1) is 12.4 Å². The molecule has 2 amide bonds. The third-order valence-corrected chi connectivity index (χ3v) is 4.83. The van der Waals surface area contributed by atoms with E-state index in [4.69, 9.17) is 28.9 Å². The summed E-state index contributed by atoms with van der Waals surface area (Å²) in [7, 11) is 0. The lowest BCUT2D eigenvalue weighted by Crippen LogP contribution is -2.44. The molecule has 0 aromatic heterocycles. The Kier molecular flexibility index (Phi) is 10.3. The molecular weight excluding hydrogens is 399 g/mol. The van der Waals surface area contributed by atoms with Gasteiger partial charge in [0.15, 0.2) is 0 Å². The molecule has 4 N–H and O–H groups in total. The number of hydrogen-bond acceptors (Lipinski definition) is 4. The van der Waals surface area contributed by atoms with E-state index in [0.717, 1.165) is 19.4 Å². The standard InChI is InChI=1S/C17H24Cl2N4O2.ClH/c18-13-4-1-5-14(19)16(13)22-15(24)6-10-23-9-2-3-12(11-23)17(25)21-8-7-20;/h1,4-5,12H,2-3,6-11,20H2,(H,21,25)(H,22,24);1H. The molecular formula is C17H25Cl3N4O2. The second-order valence-electron chi connectivity index (χ2n) is 6.11. The minimum absolute atomic E-state index is 0. The molecule has 9 heteroatoms. The van der Waals surface area contributed by atoms with Gasteiger partial charge in [0, 0.05) is 32.6 Å². The van der Waals surface area contributed by atoms with Gasteiger partial charge in [-0.05, 0) is 31.5 Å². The lowest BCUT2D eigenvalue weighted by atomic mass is 9.97. The molecule has 0 bridgehead atoms. The van der Waals surface area contributed by atoms with Crippen LogP contribution in [-0.4, -0.2) is 49.4 Å². The first-order valence-electron chi connectivity index (χ1n) is 8.45. The Hall–Kier alpha value is -1.05. The fraction of sp³-hybridized carbons (Fsp3) is 0.529. The highest BCUT2D eigenvalue weighted by Gasteiger charge is 2.25. The molecule has 1 atom stereocenters. The van der Waals surface area contributed by atoms with Gasteiger partial charge < -0.3 is 21.3 Å². The maximum atomic E-state index is 12.2. The third kappa shape index (κ3) is 6.93. The van der Waals surface area contributed by atoms with Gasteiger partial charge in [0.2, 0.25) is 11.8 Å². The molecule has 0 radical (unpaired) electrons. The average molecular weight is 424 g/mol. The quantitative estimate of drug-likeness (QED) is 0.629. The SMILES string of the molecule is Cl.NCCNC(=O)C1CCCN(CCC(=O)Nc2c(Cl)cccc2Cl)C1. The third-order valence-electron chi connectivity index (χ3n) is 4.20. The zero-order valence-electron chi connectivity index (χ0n) is 14.5. The Morgan fingerprint density at radius 2 is 1.96 bits per heavy atom. The van der Waals surface area contributed by atoms with Crippen molar-refractivity contribution in [2.24, 2.45) is 11.7 Å². The highest BCUT2D eigenvalue weighted by molar-refractivity contribution is 6.39. The molecule has 1 aromatic rings. The number of nitrogens with one attached hydrogen (secondary N) is 2. The van der Waals surface area contributed by atoms with Gasteiger partial charge in [-0.3, -0.25) is 9.59 Å². The summed E-state index contributed by atoms with van der Waals surface area (Å²) in [5, 5.41) is 6.42. The maximum absolute atomic E-state index is 12.2. The topological polar surface area (TPSA) is 87.5 Å². The van der Waals surface area contributed by atoms with E-state index in [2.05, 4.69) is 15.5 Å². The summed E-state index contributed by atoms with van der Waals surface area (Å²) in [5.74, 6) is -0.145. The van der Waals surface area contributed by atoms with E-state index in [1.54, 1.807) is 18.2 Å². The van der Waals surface area contributed by atoms with E-state index in [-0.39, 0.29) is 30.1 Å². The van der Waals surface area contributed by atoms with Crippen LogP contribution in [-0.2, 0) is 9.59 Å². The predicted octanol–water partition coefficient (Wildman–Crippen LogP) is 2.53. The molecule has 1 heterocycles. The zero-order chi connectivity index (χ0) is 18.2. The van der Waals surface area contributed by atoms with Crippen molar-refractivity contribution in [2.75, 3.05) is 38.0 Å². The zero-order valence-corrected chi connectivity index (χ0v) is 16.8. The van der Waals surface area contributed by atoms with Crippen LogP contribution in [0, 0.1) is 5.92 Å². The Morgan fingerprint density at radius 1 is 1.27 bits per heavy atom. The lowest BCUT2D eigenvalue weighted by molar-refractivity contribution is -0.126. The molecule has 0 aliphatic carbocycles. The summed E-state index contributed by atoms with van der Waals surface area (Å²) in [6, 6.07) is 5.08. The van der Waals surface area contributed by atoms with Gasteiger partial charge in [0.25, 0.3) is 0 Å². The van der Waals surface area contributed by atoms with Crippen molar-refractivity contribution in [1.82, 2.24) is 10.2 Å². The molecule has 0 saturated carbocycles. The lowest BCUT2D eigenvalue weighted by Gasteiger charge is -2.31. The van der Waals surface area contributed by atoms with Crippen molar-refractivity contribution >= 4 is 53.1 Å². The summed E-state index contributed by atoms with van der Waals surface area (Å²) in [4.78, 5) is 26.4. The Balaban J connectivity index is 0.00000338. The fourth-order valence-corrected chi connectivity index (χ4v) is 3.38. The number of carbonyl (C=O) groups excluding carboxylic acids is 2. The minimum atomic E-state index is -0.148. The molecule has 1 aliphatic heterocycles. The van der Waals surface area contributed by atoms with E-state index in [0.29, 0.717) is 48.3 Å². The van der Waals surface area contributed by atoms with Crippen molar-refractivity contribution < 1.29 is 9.59 Å². The number of nitrogens with zero attached hydrogens (tertiary/aromatic N) is 1. The van der Waals surface area contributed by atoms with E-state index < -0.39 is 0 Å². The van der Waals surface area contributed by atoms with Crippen molar-refractivity contribution in [1.29, 1.82) is 0 Å². The van der Waals surface area contributed by atoms with Gasteiger partial charge in [0.1, 0.15) is 0 Å². The number of benzene rings is 1. The number of likely N-dealkylation sites (tertiary alicyclic amines) is 1. The fourth-order valence-electron chi connectivity index (χ4n) is 2.89. The van der Waals surface area contributed by atoms with Crippen LogP contribution in [0.3, 0.4) is 0 Å². The van der Waals surface area contributed by atoms with E-state index in [9.17, 15) is 9.59 Å². The summed E-state index contributed by atoms with van der Waals surface area (Å²) in [6.07, 6.45) is 2.13. The van der Waals surface area contributed by atoms with Crippen LogP contribution in [0.25, 0.3) is 0 Å². The van der Waals surface area contributed by atoms with Crippen molar-refractivity contribution in [3.8, 4) is 0 Å². The van der Waals surface area contributed by atoms with Crippen LogP contribution < -0.4 is 16.4 Å². The summed E-state index contributed by atoms with van der Waals surface area (Å²) in [6.45, 7) is 3.08. The second-order valence-corrected chi connectivity index (χ2v) is 6.93. The number of hydrogen-bond donors (Lipinski definition) is 3. The molecule has 1 saturated heterocycles. The van der Waals surface area contributed by atoms with Crippen LogP contribution in [0.2, 0.25) is 10.0 Å². The summed E-state index contributed by atoms with van der Waals surface area (Å²) >= 11 is 12.1. The molecule has 6 nitrogen and oxygen atoms in total. The highest BCUT2D eigenvalue weighted by atomic mass is 35.5. The number of nitrogens with two attached hydrogens (primary N) is 1. The molecule has 26 heavy (non-hydrogen) atoms. The molecule has 1 aliphatic rings. The van der Waals surface area contributed by atoms with Gasteiger partial charge in [-0.2, -0.15) is 0 Å². The number of rotatable bonds is 7. The van der Waals surface area contributed by atoms with Gasteiger partial charge in [0.05, 0.1) is 21.7 Å². The minimum Gasteiger partial charge on any atom is -0.355 e. The number of piperidine rings is 1. The van der Waals surface area contributed by atoms with Gasteiger partial charge in [-0.25, -0.2) is 0 Å². The molecule has 0 spiro atoms. The van der Waals surface area contributed by atoms with Gasteiger partial charge in [-0.1, -0.05) is 29.3 Å². The summed E-state index contributed by atoms with van der Waals surface area (Å²) < 4.78 is 0. The van der Waals surface area contributed by atoms with Crippen LogP contribution in [0.5, 0.6) is 0 Å². The van der Waals surface area contributed by atoms with Crippen LogP contribution in [0.4, 0.5) is 5.69 Å². The van der Waals surface area contributed by atoms with Crippen molar-refractivity contribution in [3.05, 3.63) is 28.2 Å². The van der Waals surface area contributed by atoms with Gasteiger partial charge >= 0.3 is 0 Å². The number of para-hydroxylation sites is 1. The first kappa shape index (κ1) is 23.0. The number of amides is 2. The number of halogens is 3. The number of carbonyl (C=O) groups is 2. The summed E-state index contributed by atoms with van der Waals surface area (Å²) in [5.41, 5.74) is 5.85. The Bertz CT molecular complexity index is 595. The molecule has 1 unspecified atom stereocenters. The monoisotopic (exact) mass is 422 g/mol. The smallest absolute Gasteiger partial charge is 0.225 e. The predicted molar refractivity (Wildman–Crippen MR) is 108 cm³/mol. The maximum Gasteiger partial charge on any atom is 0.225 e. The normalized spacial score (nSPS) is 17.3. The number of anilines is 1. The van der Waals surface area contributed by atoms with Crippen molar-refractivity contribution in [2.45, 2.75) is 19.3 Å². The highest BCUT2D eigenvalue weighted by Crippen LogP contribution is 2.29. The Labute approximate surface area is 170 Å².